The van der Waals surface area contributed by atoms with Gasteiger partial charge in [-0.25, -0.2) is 26.0 Å². The fourth-order valence-electron chi connectivity index (χ4n) is 3.55. The van der Waals surface area contributed by atoms with Crippen LogP contribution in [0.4, 0.5) is 23.2 Å². The van der Waals surface area contributed by atoms with Gasteiger partial charge in [0.1, 0.15) is 6.07 Å². The SMILES string of the molecule is C=C1OC(C#N)c2cc(CS(=O)(=O)Cc3c(F)c(F)c(C)c(F)c3F)ccc2N1CCC. The lowest BCUT2D eigenvalue weighted by molar-refractivity contribution is 0.146. The van der Waals surface area contributed by atoms with Crippen LogP contribution in [-0.2, 0) is 26.1 Å². The Labute approximate surface area is 183 Å². The number of ether oxygens (including phenoxy) is 1. The van der Waals surface area contributed by atoms with Crippen molar-refractivity contribution in [2.45, 2.75) is 37.9 Å². The number of fused-ring (bicyclic) bond motifs is 1. The monoisotopic (exact) mass is 468 g/mol. The molecule has 0 saturated heterocycles. The van der Waals surface area contributed by atoms with Crippen LogP contribution in [-0.4, -0.2) is 15.0 Å². The van der Waals surface area contributed by atoms with Gasteiger partial charge in [-0.05, 0) is 37.6 Å². The van der Waals surface area contributed by atoms with Gasteiger partial charge in [-0.3, -0.25) is 0 Å². The van der Waals surface area contributed by atoms with E-state index in [-0.39, 0.29) is 5.56 Å². The maximum absolute atomic E-state index is 14.1. The average molecular weight is 468 g/mol. The second kappa shape index (κ2) is 8.82. The first-order chi connectivity index (χ1) is 15.0. The van der Waals surface area contributed by atoms with Crippen LogP contribution in [0.3, 0.4) is 0 Å². The van der Waals surface area contributed by atoms with E-state index in [0.29, 0.717) is 23.7 Å². The van der Waals surface area contributed by atoms with E-state index in [1.807, 2.05) is 13.0 Å². The molecule has 0 aromatic heterocycles. The summed E-state index contributed by atoms with van der Waals surface area (Å²) in [5, 5.41) is 9.42. The summed E-state index contributed by atoms with van der Waals surface area (Å²) in [4.78, 5) is 1.75. The van der Waals surface area contributed by atoms with Crippen molar-refractivity contribution in [3.63, 3.8) is 0 Å². The smallest absolute Gasteiger partial charge is 0.213 e. The Morgan fingerprint density at radius 1 is 1.12 bits per heavy atom. The summed E-state index contributed by atoms with van der Waals surface area (Å²) in [6.07, 6.45) is -0.251. The van der Waals surface area contributed by atoms with Crippen LogP contribution in [0.25, 0.3) is 0 Å². The molecule has 2 aromatic carbocycles. The molecule has 1 aliphatic rings. The second-order valence-corrected chi connectivity index (χ2v) is 9.52. The Hall–Kier alpha value is -3.06. The Balaban J connectivity index is 1.95. The number of nitrogens with zero attached hydrogens (tertiary/aromatic N) is 2. The average Bonchev–Trinajstić information content (AvgIpc) is 2.75. The molecule has 0 spiro atoms. The summed E-state index contributed by atoms with van der Waals surface area (Å²) in [6.45, 7) is 7.16. The van der Waals surface area contributed by atoms with Crippen molar-refractivity contribution >= 4 is 15.5 Å². The Morgan fingerprint density at radius 2 is 1.75 bits per heavy atom. The van der Waals surface area contributed by atoms with E-state index < -0.39 is 61.8 Å². The molecule has 0 aliphatic carbocycles. The van der Waals surface area contributed by atoms with Crippen molar-refractivity contribution in [2.24, 2.45) is 0 Å². The summed E-state index contributed by atoms with van der Waals surface area (Å²) < 4.78 is 86.6. The molecule has 1 aliphatic heterocycles. The molecule has 1 unspecified atom stereocenters. The van der Waals surface area contributed by atoms with Crippen molar-refractivity contribution in [3.05, 3.63) is 76.2 Å². The summed E-state index contributed by atoms with van der Waals surface area (Å²) in [5.74, 6) is -8.33. The molecule has 1 heterocycles. The molecular formula is C22H20F4N2O3S. The summed E-state index contributed by atoms with van der Waals surface area (Å²) in [5.41, 5.74) is -0.768. The molecule has 0 amide bonds. The Morgan fingerprint density at radius 3 is 2.31 bits per heavy atom. The molecule has 0 fully saturated rings. The number of rotatable bonds is 6. The number of nitriles is 1. The molecule has 170 valence electrons. The molecule has 0 saturated carbocycles. The van der Waals surface area contributed by atoms with Gasteiger partial charge < -0.3 is 9.64 Å². The highest BCUT2D eigenvalue weighted by Crippen LogP contribution is 2.38. The minimum atomic E-state index is -4.23. The summed E-state index contributed by atoms with van der Waals surface area (Å²) in [6, 6.07) is 6.54. The summed E-state index contributed by atoms with van der Waals surface area (Å²) >= 11 is 0. The van der Waals surface area contributed by atoms with Crippen LogP contribution >= 0.6 is 0 Å². The van der Waals surface area contributed by atoms with E-state index >= 15 is 0 Å². The van der Waals surface area contributed by atoms with Crippen LogP contribution in [0.2, 0.25) is 0 Å². The van der Waals surface area contributed by atoms with Crippen LogP contribution in [0.5, 0.6) is 0 Å². The number of sulfone groups is 1. The highest BCUT2D eigenvalue weighted by Gasteiger charge is 2.30. The van der Waals surface area contributed by atoms with E-state index in [1.54, 1.807) is 11.0 Å². The topological polar surface area (TPSA) is 70.4 Å². The molecule has 0 bridgehead atoms. The molecule has 10 heteroatoms. The van der Waals surface area contributed by atoms with Gasteiger partial charge in [-0.1, -0.05) is 13.0 Å². The Bertz CT molecular complexity index is 1210. The lowest BCUT2D eigenvalue weighted by Gasteiger charge is -2.35. The van der Waals surface area contributed by atoms with Crippen LogP contribution in [0.1, 0.15) is 41.7 Å². The molecule has 0 radical (unpaired) electrons. The molecule has 3 rings (SSSR count). The van der Waals surface area contributed by atoms with Crippen LogP contribution in [0, 0.1) is 41.5 Å². The van der Waals surface area contributed by atoms with Gasteiger partial charge in [-0.15, -0.1) is 0 Å². The largest absolute Gasteiger partial charge is 0.456 e. The fourth-order valence-corrected chi connectivity index (χ4v) is 5.03. The molecule has 2 aromatic rings. The van der Waals surface area contributed by atoms with E-state index in [1.165, 1.54) is 12.1 Å². The van der Waals surface area contributed by atoms with Gasteiger partial charge in [-0.2, -0.15) is 5.26 Å². The molecule has 1 atom stereocenters. The minimum absolute atomic E-state index is 0.227. The zero-order chi connectivity index (χ0) is 23.8. The standard InChI is InChI=1S/C22H20F4N2O3S/c1-4-7-28-13(3)31-18(9-27)15-8-14(5-6-17(15)28)10-32(29,30)11-16-21(25)19(23)12(2)20(24)22(16)26/h5-6,8,18H,3-4,7,10-11H2,1-2H3. The van der Waals surface area contributed by atoms with Crippen molar-refractivity contribution in [2.75, 3.05) is 11.4 Å². The molecule has 5 nitrogen and oxygen atoms in total. The zero-order valence-corrected chi connectivity index (χ0v) is 18.2. The van der Waals surface area contributed by atoms with Crippen molar-refractivity contribution in [1.82, 2.24) is 0 Å². The Kier molecular flexibility index (Phi) is 6.51. The third-order valence-corrected chi connectivity index (χ3v) is 6.61. The van der Waals surface area contributed by atoms with Gasteiger partial charge in [0, 0.05) is 23.2 Å². The highest BCUT2D eigenvalue weighted by molar-refractivity contribution is 7.89. The first-order valence-corrected chi connectivity index (χ1v) is 11.5. The second-order valence-electron chi connectivity index (χ2n) is 7.46. The lowest BCUT2D eigenvalue weighted by atomic mass is 10.0. The summed E-state index contributed by atoms with van der Waals surface area (Å²) in [7, 11) is -4.23. The molecule has 0 N–H and O–H groups in total. The number of benzene rings is 2. The third-order valence-electron chi connectivity index (χ3n) is 5.11. The first kappa shape index (κ1) is 23.6. The number of halogens is 4. The van der Waals surface area contributed by atoms with E-state index in [4.69, 9.17) is 4.74 Å². The normalized spacial score (nSPS) is 15.8. The van der Waals surface area contributed by atoms with Gasteiger partial charge in [0.2, 0.25) is 6.10 Å². The first-order valence-electron chi connectivity index (χ1n) is 9.68. The van der Waals surface area contributed by atoms with E-state index in [9.17, 15) is 31.2 Å². The van der Waals surface area contributed by atoms with Crippen molar-refractivity contribution in [3.8, 4) is 6.07 Å². The van der Waals surface area contributed by atoms with Gasteiger partial charge in [0.15, 0.2) is 39.0 Å². The zero-order valence-electron chi connectivity index (χ0n) is 17.4. The van der Waals surface area contributed by atoms with Crippen LogP contribution < -0.4 is 4.90 Å². The molecule has 32 heavy (non-hydrogen) atoms. The quantitative estimate of drug-likeness (QED) is 0.443. The van der Waals surface area contributed by atoms with Crippen LogP contribution in [0.15, 0.2) is 30.7 Å². The van der Waals surface area contributed by atoms with Gasteiger partial charge in [0.05, 0.1) is 17.2 Å². The van der Waals surface area contributed by atoms with Crippen molar-refractivity contribution < 1.29 is 30.7 Å². The predicted octanol–water partition coefficient (Wildman–Crippen LogP) is 4.95. The maximum Gasteiger partial charge on any atom is 0.213 e. The number of hydrogen-bond donors (Lipinski definition) is 0. The predicted molar refractivity (Wildman–Crippen MR) is 110 cm³/mol. The van der Waals surface area contributed by atoms with E-state index in [2.05, 4.69) is 6.58 Å². The van der Waals surface area contributed by atoms with E-state index in [0.717, 1.165) is 13.3 Å². The lowest BCUT2D eigenvalue weighted by Crippen LogP contribution is -2.31. The minimum Gasteiger partial charge on any atom is -0.456 e. The fraction of sp³-hybridized carbons (Fsp3) is 0.318. The highest BCUT2D eigenvalue weighted by atomic mass is 32.2. The number of hydrogen-bond acceptors (Lipinski definition) is 5. The van der Waals surface area contributed by atoms with Crippen molar-refractivity contribution in [1.29, 1.82) is 5.26 Å². The van der Waals surface area contributed by atoms with Gasteiger partial charge in [0.25, 0.3) is 0 Å². The molecular weight excluding hydrogens is 448 g/mol. The third kappa shape index (κ3) is 4.30. The number of anilines is 1. The van der Waals surface area contributed by atoms with Gasteiger partial charge >= 0.3 is 0 Å². The maximum atomic E-state index is 14.1.